The zero-order chi connectivity index (χ0) is 16.4. The number of anilines is 1. The van der Waals surface area contributed by atoms with E-state index in [1.807, 2.05) is 0 Å². The van der Waals surface area contributed by atoms with E-state index in [-0.39, 0.29) is 17.0 Å². The molecule has 0 heterocycles. The molecule has 0 radical (unpaired) electrons. The van der Waals surface area contributed by atoms with Gasteiger partial charge in [0, 0.05) is 11.4 Å². The molecule has 0 unspecified atom stereocenters. The molecule has 0 aliphatic heterocycles. The first-order chi connectivity index (χ1) is 9.46. The van der Waals surface area contributed by atoms with Gasteiger partial charge >= 0.3 is 6.18 Å². The highest BCUT2D eigenvalue weighted by atomic mass is 32.2. The summed E-state index contributed by atoms with van der Waals surface area (Å²) in [5.74, 6) is 0.289. The minimum atomic E-state index is -4.60. The number of nitrogens with two attached hydrogens (primary N) is 1. The first-order valence-corrected chi connectivity index (χ1v) is 7.30. The lowest BCUT2D eigenvalue weighted by molar-refractivity contribution is -0.153. The van der Waals surface area contributed by atoms with Crippen LogP contribution in [0.5, 0.6) is 5.75 Å². The molecule has 21 heavy (non-hydrogen) atoms. The van der Waals surface area contributed by atoms with Crippen LogP contribution in [-0.2, 0) is 11.4 Å². The van der Waals surface area contributed by atoms with Crippen LogP contribution in [0.3, 0.4) is 0 Å². The predicted octanol–water partition coefficient (Wildman–Crippen LogP) is 2.93. The molecule has 1 rings (SSSR count). The number of rotatable bonds is 4. The summed E-state index contributed by atoms with van der Waals surface area (Å²) in [6.45, 7) is 4.77. The van der Waals surface area contributed by atoms with Gasteiger partial charge in [-0.25, -0.2) is 0 Å². The monoisotopic (exact) mass is 324 g/mol. The van der Waals surface area contributed by atoms with E-state index in [0.717, 1.165) is 0 Å². The molecule has 4 nitrogen and oxygen atoms in total. The van der Waals surface area contributed by atoms with Gasteiger partial charge in [0.05, 0.1) is 12.8 Å². The Balaban J connectivity index is 3.12. The summed E-state index contributed by atoms with van der Waals surface area (Å²) in [6.07, 6.45) is -4.60. The van der Waals surface area contributed by atoms with E-state index < -0.39 is 28.3 Å². The van der Waals surface area contributed by atoms with Gasteiger partial charge in [-0.05, 0) is 38.5 Å². The third-order valence-corrected chi connectivity index (χ3v) is 4.26. The fraction of sp³-hybridized carbons (Fsp3) is 0.538. The summed E-state index contributed by atoms with van der Waals surface area (Å²) in [6, 6.07) is 1.71. The van der Waals surface area contributed by atoms with Crippen molar-refractivity contribution in [2.45, 2.75) is 37.7 Å². The Kier molecular flexibility index (Phi) is 5.40. The van der Waals surface area contributed by atoms with Gasteiger partial charge in [0.1, 0.15) is 10.5 Å². The summed E-state index contributed by atoms with van der Waals surface area (Å²) >= 11 is -1.87. The summed E-state index contributed by atoms with van der Waals surface area (Å²) in [5.41, 5.74) is 5.61. The van der Waals surface area contributed by atoms with Crippen molar-refractivity contribution in [3.05, 3.63) is 23.8 Å². The standard InChI is InChI=1S/C13H19F3N2O2S/c1-12(2,3)21(19)18-11(13(14,15)16)8-5-6-10(20-4)9(17)7-8/h5-7,11,18H,17H2,1-4H3/t11-,21+/m1/s1. The molecule has 1 aromatic carbocycles. The van der Waals surface area contributed by atoms with Crippen molar-refractivity contribution in [2.75, 3.05) is 12.8 Å². The van der Waals surface area contributed by atoms with E-state index in [2.05, 4.69) is 4.72 Å². The lowest BCUT2D eigenvalue weighted by atomic mass is 10.1. The normalized spacial score (nSPS) is 15.6. The highest BCUT2D eigenvalue weighted by molar-refractivity contribution is 7.90. The van der Waals surface area contributed by atoms with Crippen molar-refractivity contribution in [3.8, 4) is 5.75 Å². The van der Waals surface area contributed by atoms with Crippen molar-refractivity contribution in [1.29, 1.82) is 0 Å². The largest absolute Gasteiger partial charge is 0.598 e. The van der Waals surface area contributed by atoms with Crippen LogP contribution in [0.15, 0.2) is 18.2 Å². The molecular weight excluding hydrogens is 305 g/mol. The number of nitrogen functional groups attached to an aromatic ring is 1. The fourth-order valence-corrected chi connectivity index (χ4v) is 2.38. The van der Waals surface area contributed by atoms with E-state index in [1.165, 1.54) is 25.3 Å². The van der Waals surface area contributed by atoms with Gasteiger partial charge in [-0.3, -0.25) is 0 Å². The topological polar surface area (TPSA) is 70.3 Å². The number of hydrogen-bond donors (Lipinski definition) is 2. The number of ether oxygens (including phenoxy) is 1. The molecular formula is C13H19F3N2O2S. The smallest absolute Gasteiger partial charge is 0.412 e. The molecule has 8 heteroatoms. The molecule has 0 spiro atoms. The van der Waals surface area contributed by atoms with Gasteiger partial charge in [-0.15, -0.1) is 4.72 Å². The third-order valence-electron chi connectivity index (χ3n) is 2.70. The minimum Gasteiger partial charge on any atom is -0.598 e. The second-order valence-corrected chi connectivity index (χ2v) is 7.47. The molecule has 120 valence electrons. The van der Waals surface area contributed by atoms with Gasteiger partial charge in [0.2, 0.25) is 0 Å². The van der Waals surface area contributed by atoms with Crippen LogP contribution in [0.1, 0.15) is 32.4 Å². The fourth-order valence-electron chi connectivity index (χ4n) is 1.54. The molecule has 0 aliphatic rings. The summed E-state index contributed by atoms with van der Waals surface area (Å²) in [4.78, 5) is 0. The van der Waals surface area contributed by atoms with Crippen molar-refractivity contribution in [3.63, 3.8) is 0 Å². The predicted molar refractivity (Wildman–Crippen MR) is 77.2 cm³/mol. The van der Waals surface area contributed by atoms with Crippen LogP contribution >= 0.6 is 0 Å². The zero-order valence-corrected chi connectivity index (χ0v) is 13.1. The highest BCUT2D eigenvalue weighted by Crippen LogP contribution is 2.36. The van der Waals surface area contributed by atoms with E-state index in [9.17, 15) is 17.7 Å². The van der Waals surface area contributed by atoms with Gasteiger partial charge in [-0.2, -0.15) is 13.2 Å². The van der Waals surface area contributed by atoms with E-state index in [1.54, 1.807) is 20.8 Å². The molecule has 0 amide bonds. The minimum absolute atomic E-state index is 0.0904. The third kappa shape index (κ3) is 4.69. The molecule has 2 atom stereocenters. The van der Waals surface area contributed by atoms with E-state index in [4.69, 9.17) is 10.5 Å². The van der Waals surface area contributed by atoms with Crippen molar-refractivity contribution in [1.82, 2.24) is 4.72 Å². The number of alkyl halides is 3. The molecule has 0 bridgehead atoms. The Morgan fingerprint density at radius 2 is 1.86 bits per heavy atom. The lowest BCUT2D eigenvalue weighted by Gasteiger charge is -2.29. The number of hydrogen-bond acceptors (Lipinski definition) is 4. The summed E-state index contributed by atoms with van der Waals surface area (Å²) in [5, 5.41) is 0. The molecule has 0 fully saturated rings. The van der Waals surface area contributed by atoms with Gasteiger partial charge in [-0.1, -0.05) is 6.07 Å². The maximum absolute atomic E-state index is 13.2. The van der Waals surface area contributed by atoms with Crippen molar-refractivity contribution >= 4 is 17.0 Å². The quantitative estimate of drug-likeness (QED) is 0.660. The van der Waals surface area contributed by atoms with Crippen LogP contribution < -0.4 is 15.2 Å². The highest BCUT2D eigenvalue weighted by Gasteiger charge is 2.45. The van der Waals surface area contributed by atoms with Crippen molar-refractivity contribution < 1.29 is 22.5 Å². The second kappa shape index (κ2) is 6.33. The zero-order valence-electron chi connectivity index (χ0n) is 12.2. The Morgan fingerprint density at radius 3 is 2.24 bits per heavy atom. The Morgan fingerprint density at radius 1 is 1.29 bits per heavy atom. The number of methoxy groups -OCH3 is 1. The number of nitrogens with one attached hydrogen (secondary N) is 1. The SMILES string of the molecule is COc1ccc([C@@H](N[S@@+]([O-])C(C)(C)C)C(F)(F)F)cc1N. The summed E-state index contributed by atoms with van der Waals surface area (Å²) < 4.78 is 57.8. The van der Waals surface area contributed by atoms with Crippen LogP contribution in [-0.4, -0.2) is 22.6 Å². The van der Waals surface area contributed by atoms with E-state index in [0.29, 0.717) is 0 Å². The first-order valence-electron chi connectivity index (χ1n) is 6.15. The van der Waals surface area contributed by atoms with Crippen LogP contribution in [0.4, 0.5) is 18.9 Å². The molecule has 3 N–H and O–H groups in total. The number of benzene rings is 1. The number of halogens is 3. The molecule has 0 aromatic heterocycles. The Labute approximate surface area is 125 Å². The molecule has 0 saturated heterocycles. The Bertz CT molecular complexity index is 489. The Hall–Kier alpha value is -1.12. The molecule has 0 aliphatic carbocycles. The lowest BCUT2D eigenvalue weighted by Crippen LogP contribution is -2.45. The van der Waals surface area contributed by atoms with Crippen molar-refractivity contribution in [2.24, 2.45) is 0 Å². The van der Waals surface area contributed by atoms with E-state index >= 15 is 0 Å². The maximum Gasteiger partial charge on any atom is 0.412 e. The van der Waals surface area contributed by atoms with Gasteiger partial charge < -0.3 is 15.0 Å². The molecule has 0 saturated carbocycles. The van der Waals surface area contributed by atoms with Crippen LogP contribution in [0.2, 0.25) is 0 Å². The van der Waals surface area contributed by atoms with Gasteiger partial charge in [0.15, 0.2) is 6.04 Å². The second-order valence-electron chi connectivity index (χ2n) is 5.47. The van der Waals surface area contributed by atoms with Crippen LogP contribution in [0.25, 0.3) is 0 Å². The van der Waals surface area contributed by atoms with Gasteiger partial charge in [0.25, 0.3) is 0 Å². The molecule has 1 aromatic rings. The van der Waals surface area contributed by atoms with Crippen LogP contribution in [0, 0.1) is 0 Å². The maximum atomic E-state index is 13.2. The summed E-state index contributed by atoms with van der Waals surface area (Å²) in [7, 11) is 1.37. The average Bonchev–Trinajstić information content (AvgIpc) is 2.32. The average molecular weight is 324 g/mol. The first kappa shape index (κ1) is 17.9.